The quantitative estimate of drug-likeness (QED) is 0.572. The SMILES string of the molecule is CC.CC.CCC(=O)c1cc(C)c(C)cc1C=O. The second kappa shape index (κ2) is 10.7. The van der Waals surface area contributed by atoms with Gasteiger partial charge in [0.2, 0.25) is 0 Å². The first-order valence-corrected chi connectivity index (χ1v) is 6.69. The number of aryl methyl sites for hydroxylation is 2. The third-order valence-corrected chi connectivity index (χ3v) is 2.41. The van der Waals surface area contributed by atoms with E-state index in [2.05, 4.69) is 0 Å². The Hall–Kier alpha value is -1.44. The highest BCUT2D eigenvalue weighted by molar-refractivity contribution is 6.02. The minimum atomic E-state index is 0.0233. The van der Waals surface area contributed by atoms with Crippen molar-refractivity contribution >= 4 is 12.1 Å². The summed E-state index contributed by atoms with van der Waals surface area (Å²) in [5, 5.41) is 0. The van der Waals surface area contributed by atoms with Crippen molar-refractivity contribution in [1.82, 2.24) is 0 Å². The van der Waals surface area contributed by atoms with Gasteiger partial charge in [-0.2, -0.15) is 0 Å². The molecule has 0 aliphatic rings. The van der Waals surface area contributed by atoms with Crippen molar-refractivity contribution < 1.29 is 9.59 Å². The van der Waals surface area contributed by atoms with Gasteiger partial charge in [0.25, 0.3) is 0 Å². The van der Waals surface area contributed by atoms with Gasteiger partial charge in [-0.1, -0.05) is 34.6 Å². The normalized spacial score (nSPS) is 8.39. The minimum Gasteiger partial charge on any atom is -0.298 e. The Bertz CT molecular complexity index is 379. The first-order chi connectivity index (χ1) is 8.60. The van der Waals surface area contributed by atoms with E-state index >= 15 is 0 Å². The molecule has 2 nitrogen and oxygen atoms in total. The maximum absolute atomic E-state index is 11.5. The lowest BCUT2D eigenvalue weighted by atomic mass is 9.97. The largest absolute Gasteiger partial charge is 0.298 e. The minimum absolute atomic E-state index is 0.0233. The van der Waals surface area contributed by atoms with Gasteiger partial charge in [-0.25, -0.2) is 0 Å². The molecule has 102 valence electrons. The molecule has 0 heterocycles. The van der Waals surface area contributed by atoms with E-state index < -0.39 is 0 Å². The first-order valence-electron chi connectivity index (χ1n) is 6.69. The van der Waals surface area contributed by atoms with Crippen LogP contribution in [0, 0.1) is 13.8 Å². The molecule has 18 heavy (non-hydrogen) atoms. The van der Waals surface area contributed by atoms with E-state index in [0.29, 0.717) is 17.5 Å². The monoisotopic (exact) mass is 250 g/mol. The van der Waals surface area contributed by atoms with Crippen LogP contribution in [0.4, 0.5) is 0 Å². The number of hydrogen-bond donors (Lipinski definition) is 0. The number of hydrogen-bond acceptors (Lipinski definition) is 2. The second-order valence-electron chi connectivity index (χ2n) is 3.42. The van der Waals surface area contributed by atoms with Gasteiger partial charge in [0.1, 0.15) is 0 Å². The van der Waals surface area contributed by atoms with Crippen molar-refractivity contribution in [2.24, 2.45) is 0 Å². The summed E-state index contributed by atoms with van der Waals surface area (Å²) in [6.07, 6.45) is 1.18. The van der Waals surface area contributed by atoms with Crippen molar-refractivity contribution in [3.05, 3.63) is 34.4 Å². The Kier molecular flexibility index (Phi) is 11.2. The van der Waals surface area contributed by atoms with Crippen molar-refractivity contribution in [2.75, 3.05) is 0 Å². The molecular weight excluding hydrogens is 224 g/mol. The summed E-state index contributed by atoms with van der Waals surface area (Å²) in [5.41, 5.74) is 3.14. The van der Waals surface area contributed by atoms with Crippen molar-refractivity contribution in [1.29, 1.82) is 0 Å². The van der Waals surface area contributed by atoms with Crippen LogP contribution >= 0.6 is 0 Å². The summed E-state index contributed by atoms with van der Waals surface area (Å²) in [4.78, 5) is 22.3. The zero-order valence-electron chi connectivity index (χ0n) is 12.8. The van der Waals surface area contributed by atoms with E-state index in [-0.39, 0.29) is 5.78 Å². The van der Waals surface area contributed by atoms with Gasteiger partial charge in [-0.15, -0.1) is 0 Å². The van der Waals surface area contributed by atoms with Crippen LogP contribution in [0.1, 0.15) is 72.9 Å². The molecule has 1 aromatic carbocycles. The molecule has 0 spiro atoms. The predicted molar refractivity (Wildman–Crippen MR) is 78.6 cm³/mol. The molecular formula is C16H26O2. The second-order valence-corrected chi connectivity index (χ2v) is 3.42. The Balaban J connectivity index is 0. The van der Waals surface area contributed by atoms with Crippen LogP contribution in [0.3, 0.4) is 0 Å². The lowest BCUT2D eigenvalue weighted by Crippen LogP contribution is -2.03. The van der Waals surface area contributed by atoms with Crippen LogP contribution < -0.4 is 0 Å². The van der Waals surface area contributed by atoms with Crippen LogP contribution in [0.5, 0.6) is 0 Å². The average Bonchev–Trinajstić information content (AvgIpc) is 2.44. The summed E-state index contributed by atoms with van der Waals surface area (Å²) < 4.78 is 0. The highest BCUT2D eigenvalue weighted by Gasteiger charge is 2.10. The molecule has 0 unspecified atom stereocenters. The molecule has 0 aliphatic heterocycles. The van der Waals surface area contributed by atoms with E-state index in [0.717, 1.165) is 17.4 Å². The smallest absolute Gasteiger partial charge is 0.163 e. The van der Waals surface area contributed by atoms with Crippen LogP contribution in [0.25, 0.3) is 0 Å². The zero-order chi connectivity index (χ0) is 14.7. The van der Waals surface area contributed by atoms with Gasteiger partial charge in [0.15, 0.2) is 12.1 Å². The third-order valence-electron chi connectivity index (χ3n) is 2.41. The summed E-state index contributed by atoms with van der Waals surface area (Å²) in [7, 11) is 0. The Morgan fingerprint density at radius 2 is 1.50 bits per heavy atom. The van der Waals surface area contributed by atoms with E-state index in [4.69, 9.17) is 0 Å². The van der Waals surface area contributed by atoms with Crippen LogP contribution in [-0.2, 0) is 0 Å². The average molecular weight is 250 g/mol. The fourth-order valence-corrected chi connectivity index (χ4v) is 1.37. The number of Topliss-reactive ketones (excluding diaryl/α,β-unsaturated/α-hetero) is 1. The molecule has 2 heteroatoms. The van der Waals surface area contributed by atoms with Crippen molar-refractivity contribution in [3.8, 4) is 0 Å². The van der Waals surface area contributed by atoms with Crippen LogP contribution in [0.15, 0.2) is 12.1 Å². The van der Waals surface area contributed by atoms with Gasteiger partial charge < -0.3 is 0 Å². The highest BCUT2D eigenvalue weighted by atomic mass is 16.1. The molecule has 0 amide bonds. The number of carbonyl (C=O) groups is 2. The van der Waals surface area contributed by atoms with E-state index in [9.17, 15) is 9.59 Å². The molecule has 0 aliphatic carbocycles. The zero-order valence-corrected chi connectivity index (χ0v) is 12.8. The third kappa shape index (κ3) is 5.26. The fourth-order valence-electron chi connectivity index (χ4n) is 1.37. The highest BCUT2D eigenvalue weighted by Crippen LogP contribution is 2.16. The lowest BCUT2D eigenvalue weighted by molar-refractivity contribution is 0.0981. The van der Waals surface area contributed by atoms with Gasteiger partial charge >= 0.3 is 0 Å². The lowest BCUT2D eigenvalue weighted by Gasteiger charge is -2.06. The summed E-state index contributed by atoms with van der Waals surface area (Å²) in [6, 6.07) is 3.57. The van der Waals surface area contributed by atoms with E-state index in [1.807, 2.05) is 41.5 Å². The number of benzene rings is 1. The maximum atomic E-state index is 11.5. The molecule has 0 N–H and O–H groups in total. The fraction of sp³-hybridized carbons (Fsp3) is 0.500. The molecule has 0 bridgehead atoms. The molecule has 0 radical (unpaired) electrons. The molecule has 0 saturated heterocycles. The van der Waals surface area contributed by atoms with Gasteiger partial charge in [-0.3, -0.25) is 9.59 Å². The first kappa shape index (κ1) is 18.9. The summed E-state index contributed by atoms with van der Waals surface area (Å²) in [6.45, 7) is 13.7. The summed E-state index contributed by atoms with van der Waals surface area (Å²) >= 11 is 0. The predicted octanol–water partition coefficient (Wildman–Crippen LogP) is 4.76. The summed E-state index contributed by atoms with van der Waals surface area (Å²) in [5.74, 6) is 0.0233. The van der Waals surface area contributed by atoms with Crippen molar-refractivity contribution in [2.45, 2.75) is 54.9 Å². The molecule has 0 aromatic heterocycles. The Labute approximate surface area is 111 Å². The van der Waals surface area contributed by atoms with E-state index in [1.54, 1.807) is 19.1 Å². The molecule has 1 aromatic rings. The van der Waals surface area contributed by atoms with Gasteiger partial charge in [-0.05, 0) is 37.1 Å². The van der Waals surface area contributed by atoms with Crippen LogP contribution in [0.2, 0.25) is 0 Å². The molecule has 0 atom stereocenters. The number of aldehydes is 1. The molecule has 1 rings (SSSR count). The Morgan fingerprint density at radius 3 is 1.89 bits per heavy atom. The maximum Gasteiger partial charge on any atom is 0.163 e. The standard InChI is InChI=1S/C12H14O2.2C2H6/c1-4-12(14)11-6-9(3)8(2)5-10(11)7-13;2*1-2/h5-7H,4H2,1-3H3;2*1-2H3. The van der Waals surface area contributed by atoms with Gasteiger partial charge in [0, 0.05) is 17.5 Å². The Morgan fingerprint density at radius 1 is 1.06 bits per heavy atom. The number of carbonyl (C=O) groups excluding carboxylic acids is 2. The molecule has 0 fully saturated rings. The van der Waals surface area contributed by atoms with Crippen LogP contribution in [-0.4, -0.2) is 12.1 Å². The number of ketones is 1. The van der Waals surface area contributed by atoms with E-state index in [1.165, 1.54) is 0 Å². The molecule has 0 saturated carbocycles. The number of rotatable bonds is 3. The van der Waals surface area contributed by atoms with Crippen molar-refractivity contribution in [3.63, 3.8) is 0 Å². The topological polar surface area (TPSA) is 34.1 Å². The van der Waals surface area contributed by atoms with Gasteiger partial charge in [0.05, 0.1) is 0 Å².